The van der Waals surface area contributed by atoms with E-state index in [1.807, 2.05) is 0 Å². The van der Waals surface area contributed by atoms with Crippen LogP contribution in [0.4, 0.5) is 4.79 Å². The van der Waals surface area contributed by atoms with Gasteiger partial charge in [-0.15, -0.1) is 0 Å². The molecule has 12 heavy (non-hydrogen) atoms. The molecule has 1 fully saturated rings. The molecule has 1 radical (unpaired) electrons. The van der Waals surface area contributed by atoms with Crippen LogP contribution >= 0.6 is 0 Å². The standard InChI is InChI=1S/C6H8BN2O3/c1-8-6(11)12-9-4(7)2-3-5(9)10/h2-3H2,1H3,(H,8,11). The normalized spacial score (nSPS) is 16.5. The van der Waals surface area contributed by atoms with Gasteiger partial charge in [-0.1, -0.05) is 0 Å². The second kappa shape index (κ2) is 3.38. The van der Waals surface area contributed by atoms with Crippen molar-refractivity contribution in [2.24, 2.45) is 0 Å². The molecule has 0 saturated carbocycles. The minimum absolute atomic E-state index is 0.267. The monoisotopic (exact) mass is 167 g/mol. The summed E-state index contributed by atoms with van der Waals surface area (Å²) >= 11 is 0. The molecule has 1 heterocycles. The van der Waals surface area contributed by atoms with Crippen molar-refractivity contribution in [2.75, 3.05) is 7.05 Å². The van der Waals surface area contributed by atoms with Crippen molar-refractivity contribution in [1.82, 2.24) is 10.4 Å². The number of carbonyl (C=O) groups is 2. The first-order chi connectivity index (χ1) is 5.65. The molecule has 0 bridgehead atoms. The van der Waals surface area contributed by atoms with Gasteiger partial charge in [0.05, 0.1) is 0 Å². The molecule has 0 aromatic rings. The summed E-state index contributed by atoms with van der Waals surface area (Å²) in [6.45, 7) is 0. The van der Waals surface area contributed by atoms with Gasteiger partial charge in [-0.05, 0) is 0 Å². The zero-order chi connectivity index (χ0) is 9.14. The predicted molar refractivity (Wildman–Crippen MR) is 42.4 cm³/mol. The summed E-state index contributed by atoms with van der Waals surface area (Å²) in [6.07, 6.45) is 0.0340. The van der Waals surface area contributed by atoms with Crippen LogP contribution < -0.4 is 5.32 Å². The number of amides is 2. The van der Waals surface area contributed by atoms with Gasteiger partial charge in [0.15, 0.2) is 0 Å². The van der Waals surface area contributed by atoms with Crippen molar-refractivity contribution in [3.8, 4) is 0 Å². The van der Waals surface area contributed by atoms with Crippen LogP contribution in [0.3, 0.4) is 0 Å². The molecule has 0 aromatic carbocycles. The Morgan fingerprint density at radius 3 is 2.75 bits per heavy atom. The molecule has 1 N–H and O–H groups in total. The van der Waals surface area contributed by atoms with Gasteiger partial charge < -0.3 is 0 Å². The predicted octanol–water partition coefficient (Wildman–Crippen LogP) is -0.822. The second-order valence-electron chi connectivity index (χ2n) is 2.31. The Morgan fingerprint density at radius 2 is 2.33 bits per heavy atom. The number of rotatable bonds is 1. The SMILES string of the molecule is [B]=C1CCC(=O)N1OC(=O)NC. The first-order valence-electron chi connectivity index (χ1n) is 3.49. The van der Waals surface area contributed by atoms with Gasteiger partial charge in [-0.25, -0.2) is 0 Å². The average molecular weight is 167 g/mol. The van der Waals surface area contributed by atoms with Crippen LogP contribution in [0.25, 0.3) is 0 Å². The number of nitrogens with zero attached hydrogens (tertiary/aromatic N) is 1. The van der Waals surface area contributed by atoms with Crippen LogP contribution in [0, 0.1) is 0 Å². The quantitative estimate of drug-likeness (QED) is 0.519. The molecule has 0 aromatic heterocycles. The van der Waals surface area contributed by atoms with Crippen LogP contribution in [0.15, 0.2) is 0 Å². The Morgan fingerprint density at radius 1 is 1.67 bits per heavy atom. The van der Waals surface area contributed by atoms with E-state index in [1.54, 1.807) is 0 Å². The van der Waals surface area contributed by atoms with Gasteiger partial charge in [0, 0.05) is 0 Å². The zero-order valence-corrected chi connectivity index (χ0v) is 6.66. The van der Waals surface area contributed by atoms with E-state index in [2.05, 4.69) is 10.2 Å². The molecule has 2 amide bonds. The number of hydroxylamine groups is 2. The van der Waals surface area contributed by atoms with E-state index >= 15 is 0 Å². The Hall–Kier alpha value is -1.33. The molecular formula is C6H8BN2O3. The summed E-state index contributed by atoms with van der Waals surface area (Å²) in [5.74, 6) is -0.295. The second-order valence-corrected chi connectivity index (χ2v) is 2.31. The molecule has 6 heteroatoms. The van der Waals surface area contributed by atoms with Crippen LogP contribution in [0.1, 0.15) is 12.8 Å². The summed E-state index contributed by atoms with van der Waals surface area (Å²) in [5, 5.41) is 3.03. The minimum atomic E-state index is -0.701. The molecule has 5 nitrogen and oxygen atoms in total. The Balaban J connectivity index is 2.56. The third-order valence-corrected chi connectivity index (χ3v) is 1.46. The molecule has 0 aliphatic carbocycles. The van der Waals surface area contributed by atoms with E-state index in [9.17, 15) is 9.59 Å². The first-order valence-corrected chi connectivity index (χ1v) is 3.49. The topological polar surface area (TPSA) is 58.6 Å². The van der Waals surface area contributed by atoms with Crippen LogP contribution in [-0.2, 0) is 9.63 Å². The fourth-order valence-corrected chi connectivity index (χ4v) is 0.836. The van der Waals surface area contributed by atoms with Crippen LogP contribution in [0.5, 0.6) is 0 Å². The third-order valence-electron chi connectivity index (χ3n) is 1.46. The van der Waals surface area contributed by atoms with Crippen molar-refractivity contribution >= 4 is 25.1 Å². The molecule has 0 spiro atoms. The number of carbonyl (C=O) groups excluding carboxylic acids is 2. The molecule has 1 saturated heterocycles. The summed E-state index contributed by atoms with van der Waals surface area (Å²) in [4.78, 5) is 26.2. The molecule has 0 atom stereocenters. The van der Waals surface area contributed by atoms with Crippen molar-refractivity contribution < 1.29 is 14.4 Å². The maximum atomic E-state index is 11.0. The Kier molecular flexibility index (Phi) is 2.47. The average Bonchev–Trinajstić information content (AvgIpc) is 2.35. The summed E-state index contributed by atoms with van der Waals surface area (Å²) in [7, 11) is 6.79. The van der Waals surface area contributed by atoms with Gasteiger partial charge in [-0.2, -0.15) is 0 Å². The van der Waals surface area contributed by atoms with Crippen LogP contribution in [-0.4, -0.2) is 37.2 Å². The fraction of sp³-hybridized carbons (Fsp3) is 0.500. The summed E-state index contributed by atoms with van der Waals surface area (Å²) in [6, 6.07) is 0. The molecular weight excluding hydrogens is 159 g/mol. The van der Waals surface area contributed by atoms with Gasteiger partial charge in [0.2, 0.25) is 0 Å². The van der Waals surface area contributed by atoms with Gasteiger partial charge in [0.1, 0.15) is 0 Å². The third kappa shape index (κ3) is 1.64. The van der Waals surface area contributed by atoms with Crippen LogP contribution in [0.2, 0.25) is 0 Å². The molecule has 1 aliphatic heterocycles. The van der Waals surface area contributed by atoms with E-state index in [-0.39, 0.29) is 11.5 Å². The first kappa shape index (κ1) is 8.77. The number of hydrogen-bond donors (Lipinski definition) is 1. The molecule has 1 rings (SSSR count). The molecule has 63 valence electrons. The zero-order valence-electron chi connectivity index (χ0n) is 6.66. The van der Waals surface area contributed by atoms with E-state index in [4.69, 9.17) is 7.49 Å². The number of nitrogens with one attached hydrogen (secondary N) is 1. The summed E-state index contributed by atoms with van der Waals surface area (Å²) < 4.78 is 0. The molecule has 1 aliphatic rings. The molecule has 0 unspecified atom stereocenters. The van der Waals surface area contributed by atoms with Crippen molar-refractivity contribution in [3.05, 3.63) is 0 Å². The van der Waals surface area contributed by atoms with E-state index in [0.717, 1.165) is 5.06 Å². The van der Waals surface area contributed by atoms with E-state index in [1.165, 1.54) is 7.05 Å². The van der Waals surface area contributed by atoms with Gasteiger partial charge in [0.25, 0.3) is 0 Å². The Bertz CT molecular complexity index is 225. The fourth-order valence-electron chi connectivity index (χ4n) is 0.836. The van der Waals surface area contributed by atoms with Gasteiger partial charge in [-0.3, -0.25) is 0 Å². The van der Waals surface area contributed by atoms with E-state index < -0.39 is 6.09 Å². The number of hydrogen-bond acceptors (Lipinski definition) is 3. The van der Waals surface area contributed by atoms with Crippen molar-refractivity contribution in [3.63, 3.8) is 0 Å². The van der Waals surface area contributed by atoms with Crippen molar-refractivity contribution in [2.45, 2.75) is 12.8 Å². The van der Waals surface area contributed by atoms with E-state index in [0.29, 0.717) is 12.8 Å². The van der Waals surface area contributed by atoms with Crippen molar-refractivity contribution in [1.29, 1.82) is 0 Å². The van der Waals surface area contributed by atoms with Gasteiger partial charge >= 0.3 is 69.8 Å². The summed E-state index contributed by atoms with van der Waals surface area (Å²) in [5.41, 5.74) is 0.267. The maximum absolute atomic E-state index is 11.0. The Labute approximate surface area is 70.7 Å².